The second kappa shape index (κ2) is 5.66. The zero-order chi connectivity index (χ0) is 15.8. The molecule has 1 aliphatic heterocycles. The molecule has 6 nitrogen and oxygen atoms in total. The third kappa shape index (κ3) is 2.92. The average molecular weight is 326 g/mol. The van der Waals surface area contributed by atoms with Crippen molar-refractivity contribution in [2.45, 2.75) is 19.3 Å². The summed E-state index contributed by atoms with van der Waals surface area (Å²) in [5.74, 6) is 1.64. The first-order valence-corrected chi connectivity index (χ1v) is 8.48. The second-order valence-corrected chi connectivity index (χ2v) is 6.75. The maximum atomic E-state index is 5.65. The third-order valence-electron chi connectivity index (χ3n) is 4.13. The van der Waals surface area contributed by atoms with Crippen molar-refractivity contribution in [2.75, 3.05) is 24.2 Å². The minimum Gasteiger partial charge on any atom is -0.375 e. The van der Waals surface area contributed by atoms with Crippen molar-refractivity contribution in [2.24, 2.45) is 0 Å². The molecule has 0 unspecified atom stereocenters. The van der Waals surface area contributed by atoms with E-state index in [1.54, 1.807) is 0 Å². The minimum atomic E-state index is 0.582. The number of nitrogens with one attached hydrogen (secondary N) is 1. The Kier molecular flexibility index (Phi) is 3.49. The van der Waals surface area contributed by atoms with Crippen LogP contribution in [0.5, 0.6) is 0 Å². The van der Waals surface area contributed by atoms with Crippen LogP contribution in [0.15, 0.2) is 23.6 Å². The van der Waals surface area contributed by atoms with Crippen molar-refractivity contribution < 1.29 is 0 Å². The highest BCUT2D eigenvalue weighted by Gasteiger charge is 2.16. The fourth-order valence-corrected chi connectivity index (χ4v) is 3.54. The van der Waals surface area contributed by atoms with Crippen LogP contribution in [0, 0.1) is 0 Å². The van der Waals surface area contributed by atoms with Gasteiger partial charge in [-0.1, -0.05) is 12.1 Å². The van der Waals surface area contributed by atoms with Gasteiger partial charge in [0.25, 0.3) is 0 Å². The highest BCUT2D eigenvalue weighted by atomic mass is 32.1. The van der Waals surface area contributed by atoms with Crippen LogP contribution in [0.1, 0.15) is 28.5 Å². The number of nitrogens with two attached hydrogens (primary N) is 1. The molecule has 0 bridgehead atoms. The van der Waals surface area contributed by atoms with E-state index in [4.69, 9.17) is 5.73 Å². The van der Waals surface area contributed by atoms with Gasteiger partial charge in [0.05, 0.1) is 12.1 Å². The van der Waals surface area contributed by atoms with Gasteiger partial charge in [-0.3, -0.25) is 5.10 Å². The fourth-order valence-electron chi connectivity index (χ4n) is 2.98. The summed E-state index contributed by atoms with van der Waals surface area (Å²) in [6, 6.07) is 6.65. The van der Waals surface area contributed by atoms with Gasteiger partial charge in [0.15, 0.2) is 11.0 Å². The Hall–Kier alpha value is -2.41. The first-order valence-electron chi connectivity index (χ1n) is 7.60. The van der Waals surface area contributed by atoms with Crippen LogP contribution < -0.4 is 10.6 Å². The van der Waals surface area contributed by atoms with E-state index in [1.807, 2.05) is 5.38 Å². The van der Waals surface area contributed by atoms with E-state index in [1.165, 1.54) is 28.2 Å². The van der Waals surface area contributed by atoms with Gasteiger partial charge >= 0.3 is 0 Å². The Bertz CT molecular complexity index is 837. The molecule has 0 aliphatic carbocycles. The van der Waals surface area contributed by atoms with Gasteiger partial charge in [-0.15, -0.1) is 11.3 Å². The molecule has 4 rings (SSSR count). The Morgan fingerprint density at radius 3 is 3.04 bits per heavy atom. The van der Waals surface area contributed by atoms with Crippen LogP contribution in [-0.4, -0.2) is 33.8 Å². The summed E-state index contributed by atoms with van der Waals surface area (Å²) < 4.78 is 0. The molecule has 3 heterocycles. The summed E-state index contributed by atoms with van der Waals surface area (Å²) in [7, 11) is 2.14. The summed E-state index contributed by atoms with van der Waals surface area (Å²) in [5, 5.41) is 9.84. The summed E-state index contributed by atoms with van der Waals surface area (Å²) in [6.07, 6.45) is 2.49. The predicted molar refractivity (Wildman–Crippen MR) is 91.9 cm³/mol. The lowest BCUT2D eigenvalue weighted by atomic mass is 10.1. The highest BCUT2D eigenvalue weighted by Crippen LogP contribution is 2.27. The number of nitrogen functional groups attached to an aromatic ring is 1. The summed E-state index contributed by atoms with van der Waals surface area (Å²) >= 11 is 1.44. The van der Waals surface area contributed by atoms with E-state index >= 15 is 0 Å². The molecule has 0 amide bonds. The number of anilines is 2. The normalized spacial score (nSPS) is 13.5. The molecule has 7 heteroatoms. The van der Waals surface area contributed by atoms with Crippen molar-refractivity contribution in [1.82, 2.24) is 20.2 Å². The minimum absolute atomic E-state index is 0.582. The van der Waals surface area contributed by atoms with Crippen molar-refractivity contribution >= 4 is 22.2 Å². The number of hydrogen-bond acceptors (Lipinski definition) is 6. The van der Waals surface area contributed by atoms with Gasteiger partial charge < -0.3 is 10.6 Å². The number of aromatic amines is 1. The van der Waals surface area contributed by atoms with Gasteiger partial charge in [0.1, 0.15) is 5.82 Å². The van der Waals surface area contributed by atoms with Crippen LogP contribution in [0.4, 0.5) is 10.8 Å². The molecule has 1 aliphatic rings. The number of hydrogen-bond donors (Lipinski definition) is 2. The molecule has 0 atom stereocenters. The predicted octanol–water partition coefficient (Wildman–Crippen LogP) is 2.02. The first kappa shape index (κ1) is 14.2. The molecule has 3 N–H and O–H groups in total. The van der Waals surface area contributed by atoms with Crippen LogP contribution in [0.2, 0.25) is 0 Å². The van der Waals surface area contributed by atoms with Crippen LogP contribution >= 0.6 is 11.3 Å². The van der Waals surface area contributed by atoms with Gasteiger partial charge in [-0.25, -0.2) is 9.97 Å². The van der Waals surface area contributed by atoms with Gasteiger partial charge in [-0.2, -0.15) is 5.10 Å². The summed E-state index contributed by atoms with van der Waals surface area (Å²) in [6.45, 7) is 1.10. The van der Waals surface area contributed by atoms with Gasteiger partial charge in [0.2, 0.25) is 0 Å². The molecule has 0 fully saturated rings. The molecule has 0 spiro atoms. The second-order valence-electron chi connectivity index (χ2n) is 5.86. The third-order valence-corrected chi connectivity index (χ3v) is 4.85. The van der Waals surface area contributed by atoms with Gasteiger partial charge in [-0.05, 0) is 23.6 Å². The van der Waals surface area contributed by atoms with E-state index in [0.29, 0.717) is 11.6 Å². The number of fused-ring (bicyclic) bond motifs is 1. The topological polar surface area (TPSA) is 83.7 Å². The summed E-state index contributed by atoms with van der Waals surface area (Å²) in [4.78, 5) is 11.1. The fraction of sp³-hybridized carbons (Fsp3) is 0.312. The van der Waals surface area contributed by atoms with Gasteiger partial charge in [0, 0.05) is 31.1 Å². The first-order chi connectivity index (χ1) is 11.2. The smallest absolute Gasteiger partial charge is 0.180 e. The Balaban J connectivity index is 1.47. The number of likely N-dealkylation sites (N-methyl/N-ethyl adjacent to an activating group) is 1. The van der Waals surface area contributed by atoms with Crippen LogP contribution in [0.25, 0.3) is 0 Å². The summed E-state index contributed by atoms with van der Waals surface area (Å²) in [5.41, 5.74) is 10.6. The molecular weight excluding hydrogens is 308 g/mol. The monoisotopic (exact) mass is 326 g/mol. The molecule has 2 aromatic heterocycles. The van der Waals surface area contributed by atoms with E-state index in [9.17, 15) is 0 Å². The van der Waals surface area contributed by atoms with Crippen LogP contribution in [-0.2, 0) is 19.3 Å². The Morgan fingerprint density at radius 1 is 1.30 bits per heavy atom. The SMILES string of the molecule is CN1CCc2cc(Cc3nc(Cc4csc(N)n4)n[nH]3)ccc21. The van der Waals surface area contributed by atoms with Crippen LogP contribution in [0.3, 0.4) is 0 Å². The van der Waals surface area contributed by atoms with E-state index in [-0.39, 0.29) is 0 Å². The lowest BCUT2D eigenvalue weighted by Gasteiger charge is -2.11. The maximum Gasteiger partial charge on any atom is 0.180 e. The lowest BCUT2D eigenvalue weighted by Crippen LogP contribution is -2.12. The largest absolute Gasteiger partial charge is 0.375 e. The maximum absolute atomic E-state index is 5.65. The molecular formula is C16H18N6S. The lowest BCUT2D eigenvalue weighted by molar-refractivity contribution is 0.946. The van der Waals surface area contributed by atoms with Crippen molar-refractivity contribution in [3.8, 4) is 0 Å². The zero-order valence-electron chi connectivity index (χ0n) is 12.9. The molecule has 0 saturated heterocycles. The van der Waals surface area contributed by atoms with E-state index in [0.717, 1.165) is 36.7 Å². The number of rotatable bonds is 4. The number of aromatic nitrogens is 4. The Morgan fingerprint density at radius 2 is 2.22 bits per heavy atom. The molecule has 1 aromatic carbocycles. The molecule has 0 saturated carbocycles. The van der Waals surface area contributed by atoms with Crippen molar-refractivity contribution in [3.63, 3.8) is 0 Å². The Labute approximate surface area is 138 Å². The highest BCUT2D eigenvalue weighted by molar-refractivity contribution is 7.13. The molecule has 118 valence electrons. The number of thiazole rings is 1. The number of nitrogens with zero attached hydrogens (tertiary/aromatic N) is 4. The van der Waals surface area contributed by atoms with Crippen molar-refractivity contribution in [1.29, 1.82) is 0 Å². The standard InChI is InChI=1S/C16H18N6S/c1-22-5-4-11-6-10(2-3-13(11)22)7-14-19-15(21-20-14)8-12-9-23-16(17)18-12/h2-3,6,9H,4-5,7-8H2,1H3,(H2,17,18)(H,19,20,21). The van der Waals surface area contributed by atoms with E-state index < -0.39 is 0 Å². The molecule has 23 heavy (non-hydrogen) atoms. The molecule has 0 radical (unpaired) electrons. The number of H-pyrrole nitrogens is 1. The zero-order valence-corrected chi connectivity index (χ0v) is 13.7. The average Bonchev–Trinajstić information content (AvgIpc) is 3.23. The molecule has 3 aromatic rings. The quantitative estimate of drug-likeness (QED) is 0.766. The number of benzene rings is 1. The van der Waals surface area contributed by atoms with E-state index in [2.05, 4.69) is 50.3 Å². The van der Waals surface area contributed by atoms with Crippen molar-refractivity contribution in [3.05, 3.63) is 52.0 Å².